The zero-order valence-electron chi connectivity index (χ0n) is 21.4. The Labute approximate surface area is 221 Å². The van der Waals surface area contributed by atoms with E-state index < -0.39 is 5.67 Å². The van der Waals surface area contributed by atoms with Crippen molar-refractivity contribution in [2.75, 3.05) is 26.2 Å². The minimum Gasteiger partial charge on any atom is -0.340 e. The molecule has 6 rings (SSSR count). The number of allylic oxidation sites excluding steroid dienone is 3. The molecule has 0 radical (unpaired) electrons. The van der Waals surface area contributed by atoms with Crippen molar-refractivity contribution in [2.45, 2.75) is 50.4 Å². The predicted molar refractivity (Wildman–Crippen MR) is 144 cm³/mol. The number of hydrogen-bond donors (Lipinski definition) is 0. The second kappa shape index (κ2) is 10.6. The molecule has 1 amide bonds. The molecule has 0 saturated carbocycles. The molecule has 3 aromatic heterocycles. The average Bonchev–Trinajstić information content (AvgIpc) is 3.13. The average molecular weight is 514 g/mol. The Bertz CT molecular complexity index is 1380. The van der Waals surface area contributed by atoms with Crippen LogP contribution >= 0.6 is 0 Å². The molecule has 0 atom stereocenters. The fourth-order valence-corrected chi connectivity index (χ4v) is 5.69. The molecule has 196 valence electrons. The van der Waals surface area contributed by atoms with E-state index in [9.17, 15) is 4.79 Å². The number of hydrogen-bond acceptors (Lipinski definition) is 6. The molecule has 3 aromatic rings. The Morgan fingerprint density at radius 3 is 2.61 bits per heavy atom. The molecule has 9 heteroatoms. The van der Waals surface area contributed by atoms with Gasteiger partial charge < -0.3 is 9.47 Å². The highest BCUT2D eigenvalue weighted by Crippen LogP contribution is 2.33. The van der Waals surface area contributed by atoms with E-state index in [-0.39, 0.29) is 24.8 Å². The molecule has 0 aliphatic carbocycles. The fraction of sp³-hybridized carbons (Fsp3) is 0.414. The number of likely N-dealkylation sites (tertiary alicyclic amines) is 2. The number of halogens is 1. The van der Waals surface area contributed by atoms with Gasteiger partial charge in [0.05, 0.1) is 5.69 Å². The van der Waals surface area contributed by atoms with Crippen LogP contribution in [-0.4, -0.2) is 72.8 Å². The number of aromatic nitrogens is 4. The van der Waals surface area contributed by atoms with E-state index in [2.05, 4.69) is 30.5 Å². The minimum atomic E-state index is -1.80. The number of carbonyl (C=O) groups is 1. The van der Waals surface area contributed by atoms with Crippen molar-refractivity contribution in [1.29, 1.82) is 0 Å². The monoisotopic (exact) mass is 513 g/mol. The first-order chi connectivity index (χ1) is 18.6. The van der Waals surface area contributed by atoms with Gasteiger partial charge in [0, 0.05) is 70.2 Å². The molecule has 0 unspecified atom stereocenters. The van der Waals surface area contributed by atoms with Crippen LogP contribution in [0.1, 0.15) is 49.7 Å². The molecule has 6 heterocycles. The number of pyridine rings is 2. The van der Waals surface area contributed by atoms with Crippen LogP contribution in [0.3, 0.4) is 0 Å². The maximum atomic E-state index is 15.9. The number of piperidine rings is 2. The fourth-order valence-electron chi connectivity index (χ4n) is 5.69. The molecule has 3 aliphatic rings. The van der Waals surface area contributed by atoms with Crippen LogP contribution < -0.4 is 0 Å². The van der Waals surface area contributed by atoms with Crippen LogP contribution in [0.5, 0.6) is 0 Å². The van der Waals surface area contributed by atoms with E-state index in [1.807, 2.05) is 48.7 Å². The van der Waals surface area contributed by atoms with Gasteiger partial charge in [-0.3, -0.25) is 19.7 Å². The van der Waals surface area contributed by atoms with E-state index in [1.54, 1.807) is 17.3 Å². The van der Waals surface area contributed by atoms with E-state index in [0.717, 1.165) is 47.7 Å². The highest BCUT2D eigenvalue weighted by molar-refractivity contribution is 6.08. The van der Waals surface area contributed by atoms with Crippen molar-refractivity contribution in [3.05, 3.63) is 78.7 Å². The van der Waals surface area contributed by atoms with Crippen LogP contribution in [0.25, 0.3) is 11.2 Å². The molecule has 0 spiro atoms. The largest absolute Gasteiger partial charge is 0.340 e. The van der Waals surface area contributed by atoms with Crippen LogP contribution in [0.15, 0.2) is 72.1 Å². The Balaban J connectivity index is 1.13. The number of carbonyl (C=O) groups excluding carboxylic acids is 1. The summed E-state index contributed by atoms with van der Waals surface area (Å²) in [6, 6.07) is 9.78. The molecule has 0 bridgehead atoms. The number of imidazole rings is 1. The molecule has 3 aliphatic heterocycles. The summed E-state index contributed by atoms with van der Waals surface area (Å²) < 4.78 is 18.1. The topological polar surface area (TPSA) is 79.5 Å². The van der Waals surface area contributed by atoms with Gasteiger partial charge in [-0.25, -0.2) is 14.4 Å². The summed E-state index contributed by atoms with van der Waals surface area (Å²) in [4.78, 5) is 35.7. The summed E-state index contributed by atoms with van der Waals surface area (Å²) in [7, 11) is 0. The van der Waals surface area contributed by atoms with Crippen molar-refractivity contribution in [1.82, 2.24) is 29.3 Å². The Kier molecular flexibility index (Phi) is 6.84. The van der Waals surface area contributed by atoms with Gasteiger partial charge in [0.25, 0.3) is 5.91 Å². The molecule has 2 saturated heterocycles. The number of alkyl halides is 1. The third-order valence-corrected chi connectivity index (χ3v) is 7.81. The number of rotatable bonds is 5. The number of aliphatic imine (C=N–C) groups is 1. The van der Waals surface area contributed by atoms with Crippen LogP contribution in [0.4, 0.5) is 4.39 Å². The number of nitrogens with zero attached hydrogens (tertiary/aromatic N) is 7. The van der Waals surface area contributed by atoms with E-state index in [0.29, 0.717) is 32.7 Å². The summed E-state index contributed by atoms with van der Waals surface area (Å²) in [5.74, 6) is 0.428. The highest BCUT2D eigenvalue weighted by Gasteiger charge is 2.45. The SMILES string of the molecule is O=C(N1CCC(n2c(C3=NC=CCC=C3)nc3cccnc32)CC1)C1(F)CCN(Cc2ccccn2)CC1. The second-order valence-corrected chi connectivity index (χ2v) is 10.3. The highest BCUT2D eigenvalue weighted by atomic mass is 19.1. The smallest absolute Gasteiger partial charge is 0.260 e. The zero-order valence-corrected chi connectivity index (χ0v) is 21.4. The van der Waals surface area contributed by atoms with E-state index in [4.69, 9.17) is 4.98 Å². The van der Waals surface area contributed by atoms with Crippen molar-refractivity contribution in [2.24, 2.45) is 4.99 Å². The maximum Gasteiger partial charge on any atom is 0.260 e. The lowest BCUT2D eigenvalue weighted by Gasteiger charge is -2.40. The molecule has 2 fully saturated rings. The minimum absolute atomic E-state index is 0.105. The Morgan fingerprint density at radius 2 is 1.82 bits per heavy atom. The Morgan fingerprint density at radius 1 is 1.00 bits per heavy atom. The Hall–Kier alpha value is -3.72. The maximum absolute atomic E-state index is 15.9. The van der Waals surface area contributed by atoms with Crippen molar-refractivity contribution < 1.29 is 9.18 Å². The van der Waals surface area contributed by atoms with Crippen molar-refractivity contribution in [3.8, 4) is 0 Å². The number of fused-ring (bicyclic) bond motifs is 1. The summed E-state index contributed by atoms with van der Waals surface area (Å²) in [5, 5.41) is 0. The van der Waals surface area contributed by atoms with Crippen LogP contribution in [0, 0.1) is 0 Å². The van der Waals surface area contributed by atoms with Gasteiger partial charge in [-0.15, -0.1) is 0 Å². The summed E-state index contributed by atoms with van der Waals surface area (Å²) in [6.07, 6.45) is 14.2. The van der Waals surface area contributed by atoms with E-state index in [1.165, 1.54) is 0 Å². The summed E-state index contributed by atoms with van der Waals surface area (Å²) >= 11 is 0. The predicted octanol–water partition coefficient (Wildman–Crippen LogP) is 4.26. The summed E-state index contributed by atoms with van der Waals surface area (Å²) in [5.41, 5.74) is 1.61. The van der Waals surface area contributed by atoms with Gasteiger partial charge >= 0.3 is 0 Å². The third kappa shape index (κ3) is 4.90. The quantitative estimate of drug-likeness (QED) is 0.510. The summed E-state index contributed by atoms with van der Waals surface area (Å²) in [6.45, 7) is 2.81. The van der Waals surface area contributed by atoms with E-state index >= 15 is 4.39 Å². The molecule has 38 heavy (non-hydrogen) atoms. The van der Waals surface area contributed by atoms with Crippen LogP contribution in [0.2, 0.25) is 0 Å². The van der Waals surface area contributed by atoms with Gasteiger partial charge in [-0.1, -0.05) is 18.2 Å². The normalized spacial score (nSPS) is 20.4. The van der Waals surface area contributed by atoms with Gasteiger partial charge in [-0.2, -0.15) is 0 Å². The molecular formula is C29H32FN7O. The van der Waals surface area contributed by atoms with Crippen molar-refractivity contribution >= 4 is 22.8 Å². The van der Waals surface area contributed by atoms with Gasteiger partial charge in [0.15, 0.2) is 17.1 Å². The lowest BCUT2D eigenvalue weighted by atomic mass is 9.90. The zero-order chi connectivity index (χ0) is 26.0. The lowest BCUT2D eigenvalue weighted by molar-refractivity contribution is -0.148. The van der Waals surface area contributed by atoms with Crippen molar-refractivity contribution in [3.63, 3.8) is 0 Å². The standard InChI is InChI=1S/C29H32FN7O/c30-29(12-19-35(20-13-29)21-22-7-3-5-14-31-22)28(38)36-17-10-23(11-18-36)37-26-25(9-6-16-33-26)34-27(37)24-8-2-1-4-15-32-24/h2-9,14-16,23H,1,10-13,17-21H2. The first kappa shape index (κ1) is 24.6. The van der Waals surface area contributed by atoms with Gasteiger partial charge in [-0.05, 0) is 49.6 Å². The second-order valence-electron chi connectivity index (χ2n) is 10.3. The molecule has 0 N–H and O–H groups in total. The lowest BCUT2D eigenvalue weighted by Crippen LogP contribution is -2.54. The van der Waals surface area contributed by atoms with Gasteiger partial charge in [0.1, 0.15) is 11.2 Å². The molecule has 8 nitrogen and oxygen atoms in total. The molecule has 0 aromatic carbocycles. The first-order valence-corrected chi connectivity index (χ1v) is 13.4. The van der Waals surface area contributed by atoms with Crippen LogP contribution in [-0.2, 0) is 11.3 Å². The first-order valence-electron chi connectivity index (χ1n) is 13.4. The van der Waals surface area contributed by atoms with Gasteiger partial charge in [0.2, 0.25) is 0 Å². The third-order valence-electron chi connectivity index (χ3n) is 7.81. The number of amides is 1. The molecular weight excluding hydrogens is 481 g/mol.